The summed E-state index contributed by atoms with van der Waals surface area (Å²) >= 11 is 0. The Bertz CT molecular complexity index is 662. The summed E-state index contributed by atoms with van der Waals surface area (Å²) in [5.74, 6) is -0.543. The molecule has 0 aliphatic heterocycles. The van der Waals surface area contributed by atoms with Gasteiger partial charge in [0.2, 0.25) is 5.91 Å². The van der Waals surface area contributed by atoms with Crippen LogP contribution in [-0.2, 0) is 4.79 Å². The molecule has 0 heterocycles. The summed E-state index contributed by atoms with van der Waals surface area (Å²) in [5.41, 5.74) is 3.42. The van der Waals surface area contributed by atoms with Crippen LogP contribution in [-0.4, -0.2) is 5.91 Å². The first-order valence-electron chi connectivity index (χ1n) is 6.37. The van der Waals surface area contributed by atoms with E-state index in [9.17, 15) is 9.18 Å². The number of rotatable bonds is 3. The molecule has 0 atom stereocenters. The van der Waals surface area contributed by atoms with Crippen molar-refractivity contribution in [3.63, 3.8) is 0 Å². The molecule has 0 saturated heterocycles. The maximum absolute atomic E-state index is 13.0. The van der Waals surface area contributed by atoms with Gasteiger partial charge in [-0.3, -0.25) is 4.79 Å². The van der Waals surface area contributed by atoms with E-state index >= 15 is 0 Å². The fraction of sp³-hybridized carbons (Fsp3) is 0.118. The molecule has 2 rings (SSSR count). The largest absolute Gasteiger partial charge is 0.322 e. The van der Waals surface area contributed by atoms with Crippen LogP contribution in [0, 0.1) is 19.7 Å². The van der Waals surface area contributed by atoms with Crippen molar-refractivity contribution in [2.24, 2.45) is 0 Å². The lowest BCUT2D eigenvalue weighted by molar-refractivity contribution is -0.111. The fourth-order valence-electron chi connectivity index (χ4n) is 1.88. The second-order valence-electron chi connectivity index (χ2n) is 4.64. The minimum absolute atomic E-state index is 0.233. The van der Waals surface area contributed by atoms with Crippen molar-refractivity contribution in [1.82, 2.24) is 0 Å². The Morgan fingerprint density at radius 1 is 1.10 bits per heavy atom. The molecule has 0 unspecified atom stereocenters. The molecule has 20 heavy (non-hydrogen) atoms. The lowest BCUT2D eigenvalue weighted by Crippen LogP contribution is -2.09. The molecule has 0 aliphatic rings. The Hall–Kier alpha value is -2.42. The first kappa shape index (κ1) is 14.0. The van der Waals surface area contributed by atoms with Crippen molar-refractivity contribution in [3.05, 3.63) is 71.0 Å². The van der Waals surface area contributed by atoms with Crippen LogP contribution in [0.1, 0.15) is 16.7 Å². The third-order valence-electron chi connectivity index (χ3n) is 3.05. The summed E-state index contributed by atoms with van der Waals surface area (Å²) in [6.45, 7) is 3.74. The van der Waals surface area contributed by atoms with Crippen molar-refractivity contribution in [2.75, 3.05) is 5.32 Å². The lowest BCUT2D eigenvalue weighted by atomic mass is 10.1. The molecule has 3 heteroatoms. The molecule has 102 valence electrons. The Morgan fingerprint density at radius 3 is 2.55 bits per heavy atom. The summed E-state index contributed by atoms with van der Waals surface area (Å²) in [7, 11) is 0. The summed E-state index contributed by atoms with van der Waals surface area (Å²) in [4.78, 5) is 11.8. The molecular formula is C17H16FNO. The molecule has 0 bridgehead atoms. The van der Waals surface area contributed by atoms with Crippen LogP contribution in [0.25, 0.3) is 6.08 Å². The zero-order valence-electron chi connectivity index (χ0n) is 11.5. The van der Waals surface area contributed by atoms with Gasteiger partial charge in [-0.1, -0.05) is 24.3 Å². The summed E-state index contributed by atoms with van der Waals surface area (Å²) in [6.07, 6.45) is 3.24. The first-order valence-corrected chi connectivity index (χ1v) is 6.37. The van der Waals surface area contributed by atoms with E-state index in [1.165, 1.54) is 18.2 Å². The van der Waals surface area contributed by atoms with Gasteiger partial charge >= 0.3 is 0 Å². The monoisotopic (exact) mass is 269 g/mol. The minimum atomic E-state index is -0.309. The number of halogens is 1. The van der Waals surface area contributed by atoms with Gasteiger partial charge in [0, 0.05) is 11.8 Å². The molecular weight excluding hydrogens is 253 g/mol. The highest BCUT2D eigenvalue weighted by Crippen LogP contribution is 2.16. The quantitative estimate of drug-likeness (QED) is 0.835. The third-order valence-corrected chi connectivity index (χ3v) is 3.05. The second kappa shape index (κ2) is 6.15. The van der Waals surface area contributed by atoms with Crippen molar-refractivity contribution < 1.29 is 9.18 Å². The Kier molecular flexibility index (Phi) is 4.31. The highest BCUT2D eigenvalue weighted by molar-refractivity contribution is 6.02. The van der Waals surface area contributed by atoms with Crippen molar-refractivity contribution in [1.29, 1.82) is 0 Å². The van der Waals surface area contributed by atoms with Crippen molar-refractivity contribution in [2.45, 2.75) is 13.8 Å². The van der Waals surface area contributed by atoms with Crippen LogP contribution in [0.4, 0.5) is 10.1 Å². The average Bonchev–Trinajstić information content (AvgIpc) is 2.41. The van der Waals surface area contributed by atoms with Crippen LogP contribution in [0.5, 0.6) is 0 Å². The van der Waals surface area contributed by atoms with Gasteiger partial charge in [-0.15, -0.1) is 0 Å². The number of aryl methyl sites for hydroxylation is 2. The van der Waals surface area contributed by atoms with E-state index in [1.54, 1.807) is 19.1 Å². The van der Waals surface area contributed by atoms with Gasteiger partial charge in [-0.25, -0.2) is 4.39 Å². The van der Waals surface area contributed by atoms with E-state index in [4.69, 9.17) is 0 Å². The number of carbonyl (C=O) groups is 1. The Morgan fingerprint density at radius 2 is 1.85 bits per heavy atom. The van der Waals surface area contributed by atoms with Gasteiger partial charge < -0.3 is 5.32 Å². The maximum Gasteiger partial charge on any atom is 0.248 e. The number of nitrogens with one attached hydrogen (secondary N) is 1. The van der Waals surface area contributed by atoms with E-state index in [0.717, 1.165) is 11.1 Å². The molecule has 0 spiro atoms. The fourth-order valence-corrected chi connectivity index (χ4v) is 1.88. The molecule has 1 amide bonds. The normalized spacial score (nSPS) is 10.8. The standard InChI is InChI=1S/C17H16FNO/c1-12-5-3-4-6-14(12)7-10-17(20)19-16-9-8-15(18)11-13(16)2/h3-11H,1-2H3,(H,19,20)/b10-7+. The molecule has 0 radical (unpaired) electrons. The lowest BCUT2D eigenvalue weighted by Gasteiger charge is -2.06. The number of hydrogen-bond acceptors (Lipinski definition) is 1. The van der Waals surface area contributed by atoms with Gasteiger partial charge in [-0.2, -0.15) is 0 Å². The zero-order chi connectivity index (χ0) is 14.5. The molecule has 0 fully saturated rings. The second-order valence-corrected chi connectivity index (χ2v) is 4.64. The van der Waals surface area contributed by atoms with Gasteiger partial charge in [0.15, 0.2) is 0 Å². The number of anilines is 1. The summed E-state index contributed by atoms with van der Waals surface area (Å²) in [5, 5.41) is 2.73. The van der Waals surface area contributed by atoms with Gasteiger partial charge in [0.25, 0.3) is 0 Å². The van der Waals surface area contributed by atoms with Gasteiger partial charge in [0.1, 0.15) is 5.82 Å². The van der Waals surface area contributed by atoms with E-state index < -0.39 is 0 Å². The molecule has 0 saturated carbocycles. The van der Waals surface area contributed by atoms with Gasteiger partial charge in [0.05, 0.1) is 0 Å². The topological polar surface area (TPSA) is 29.1 Å². The molecule has 1 N–H and O–H groups in total. The maximum atomic E-state index is 13.0. The zero-order valence-corrected chi connectivity index (χ0v) is 11.5. The van der Waals surface area contributed by atoms with E-state index in [-0.39, 0.29) is 11.7 Å². The average molecular weight is 269 g/mol. The number of benzene rings is 2. The predicted octanol–water partition coefficient (Wildman–Crippen LogP) is 4.09. The predicted molar refractivity (Wildman–Crippen MR) is 80.0 cm³/mol. The highest BCUT2D eigenvalue weighted by atomic mass is 19.1. The molecule has 2 aromatic rings. The number of amides is 1. The van der Waals surface area contributed by atoms with Crippen LogP contribution in [0.2, 0.25) is 0 Å². The molecule has 2 aromatic carbocycles. The first-order chi connectivity index (χ1) is 9.56. The van der Waals surface area contributed by atoms with Crippen molar-refractivity contribution >= 4 is 17.7 Å². The van der Waals surface area contributed by atoms with Gasteiger partial charge in [-0.05, 0) is 54.8 Å². The SMILES string of the molecule is Cc1ccccc1/C=C/C(=O)Nc1ccc(F)cc1C. The molecule has 2 nitrogen and oxygen atoms in total. The van der Waals surface area contributed by atoms with Crippen molar-refractivity contribution in [3.8, 4) is 0 Å². The number of hydrogen-bond donors (Lipinski definition) is 1. The Labute approximate surface area is 118 Å². The van der Waals surface area contributed by atoms with Crippen LogP contribution in [0.3, 0.4) is 0 Å². The summed E-state index contributed by atoms with van der Waals surface area (Å²) < 4.78 is 13.0. The minimum Gasteiger partial charge on any atom is -0.322 e. The van der Waals surface area contributed by atoms with E-state index in [0.29, 0.717) is 11.3 Å². The van der Waals surface area contributed by atoms with Crippen LogP contribution in [0.15, 0.2) is 48.5 Å². The molecule has 0 aliphatic carbocycles. The third kappa shape index (κ3) is 3.54. The van der Waals surface area contributed by atoms with E-state index in [2.05, 4.69) is 5.32 Å². The summed E-state index contributed by atoms with van der Waals surface area (Å²) in [6, 6.07) is 12.1. The highest BCUT2D eigenvalue weighted by Gasteiger charge is 2.03. The smallest absolute Gasteiger partial charge is 0.248 e. The van der Waals surface area contributed by atoms with Crippen LogP contribution < -0.4 is 5.32 Å². The molecule has 0 aromatic heterocycles. The Balaban J connectivity index is 2.08. The van der Waals surface area contributed by atoms with Crippen LogP contribution >= 0.6 is 0 Å². The number of carbonyl (C=O) groups excluding carboxylic acids is 1. The van der Waals surface area contributed by atoms with E-state index in [1.807, 2.05) is 31.2 Å².